The Kier molecular flexibility index (Phi) is 6.36. The topological polar surface area (TPSA) is 59.1 Å². The van der Waals surface area contributed by atoms with E-state index in [0.717, 1.165) is 18.8 Å². The molecule has 0 aromatic heterocycles. The molecule has 0 radical (unpaired) electrons. The molecule has 1 unspecified atom stereocenters. The van der Waals surface area contributed by atoms with Crippen LogP contribution < -0.4 is 5.73 Å². The van der Waals surface area contributed by atoms with E-state index in [-0.39, 0.29) is 11.1 Å². The van der Waals surface area contributed by atoms with Crippen LogP contribution in [-0.4, -0.2) is 30.6 Å². The van der Waals surface area contributed by atoms with Gasteiger partial charge >= 0.3 is 0 Å². The van der Waals surface area contributed by atoms with Crippen molar-refractivity contribution in [1.82, 2.24) is 0 Å². The molecule has 1 atom stereocenters. The second-order valence-electron chi connectivity index (χ2n) is 2.22. The van der Waals surface area contributed by atoms with E-state index in [9.17, 15) is 0 Å². The van der Waals surface area contributed by atoms with Crippen LogP contribution in [0.5, 0.6) is 0 Å². The summed E-state index contributed by atoms with van der Waals surface area (Å²) < 4.78 is 4.88. The van der Waals surface area contributed by atoms with Gasteiger partial charge in [-0.1, -0.05) is 6.92 Å². The molecule has 0 aromatic carbocycles. The summed E-state index contributed by atoms with van der Waals surface area (Å²) in [6, 6.07) is 0. The first-order chi connectivity index (χ1) is 5.22. The van der Waals surface area contributed by atoms with Gasteiger partial charge in [0, 0.05) is 12.9 Å². The highest BCUT2D eigenvalue weighted by molar-refractivity contribution is 8.00. The molecular formula is C7H16N2OS. The zero-order valence-electron chi connectivity index (χ0n) is 7.09. The van der Waals surface area contributed by atoms with E-state index in [1.165, 1.54) is 0 Å². The summed E-state index contributed by atoms with van der Waals surface area (Å²) in [5.41, 5.74) is 5.35. The fourth-order valence-electron chi connectivity index (χ4n) is 0.701. The van der Waals surface area contributed by atoms with Crippen molar-refractivity contribution in [3.05, 3.63) is 0 Å². The summed E-state index contributed by atoms with van der Waals surface area (Å²) in [7, 11) is 1.68. The Bertz CT molecular complexity index is 119. The molecule has 0 saturated heterocycles. The van der Waals surface area contributed by atoms with Crippen LogP contribution in [0.2, 0.25) is 0 Å². The van der Waals surface area contributed by atoms with Gasteiger partial charge < -0.3 is 10.5 Å². The Labute approximate surface area is 72.2 Å². The number of thioether (sulfide) groups is 1. The molecule has 0 bridgehead atoms. The predicted octanol–water partition coefficient (Wildman–Crippen LogP) is 1.08. The van der Waals surface area contributed by atoms with Gasteiger partial charge in [0.25, 0.3) is 0 Å². The SMILES string of the molecule is CCC(SCCOC)C(=N)N. The minimum absolute atomic E-state index is 0.171. The maximum absolute atomic E-state index is 7.20. The number of ether oxygens (including phenoxy) is 1. The molecule has 0 rings (SSSR count). The lowest BCUT2D eigenvalue weighted by molar-refractivity contribution is 0.218. The average Bonchev–Trinajstić information content (AvgIpc) is 1.97. The maximum Gasteiger partial charge on any atom is 0.104 e. The minimum Gasteiger partial charge on any atom is -0.387 e. The van der Waals surface area contributed by atoms with Gasteiger partial charge in [0.05, 0.1) is 11.9 Å². The molecule has 66 valence electrons. The largest absolute Gasteiger partial charge is 0.387 e. The fraction of sp³-hybridized carbons (Fsp3) is 0.857. The summed E-state index contributed by atoms with van der Waals surface area (Å²) in [5, 5.41) is 7.37. The van der Waals surface area contributed by atoms with Crippen LogP contribution in [0.4, 0.5) is 0 Å². The van der Waals surface area contributed by atoms with Crippen LogP contribution in [0.3, 0.4) is 0 Å². The average molecular weight is 176 g/mol. The van der Waals surface area contributed by atoms with E-state index in [2.05, 4.69) is 0 Å². The smallest absolute Gasteiger partial charge is 0.104 e. The zero-order chi connectivity index (χ0) is 8.69. The highest BCUT2D eigenvalue weighted by Gasteiger charge is 2.08. The molecular weight excluding hydrogens is 160 g/mol. The van der Waals surface area contributed by atoms with E-state index in [1.807, 2.05) is 6.92 Å². The second-order valence-corrected chi connectivity index (χ2v) is 3.53. The molecule has 0 aliphatic carbocycles. The van der Waals surface area contributed by atoms with Crippen LogP contribution in [0.1, 0.15) is 13.3 Å². The number of nitrogens with one attached hydrogen (secondary N) is 1. The zero-order valence-corrected chi connectivity index (χ0v) is 7.91. The van der Waals surface area contributed by atoms with Crippen molar-refractivity contribution in [3.63, 3.8) is 0 Å². The van der Waals surface area contributed by atoms with E-state index in [1.54, 1.807) is 18.9 Å². The van der Waals surface area contributed by atoms with Crippen molar-refractivity contribution in [3.8, 4) is 0 Å². The van der Waals surface area contributed by atoms with E-state index in [4.69, 9.17) is 15.9 Å². The maximum atomic E-state index is 7.20. The lowest BCUT2D eigenvalue weighted by atomic mass is 10.3. The Hall–Kier alpha value is -0.220. The standard InChI is InChI=1S/C7H16N2OS/c1-3-6(7(8)9)11-5-4-10-2/h6H,3-5H2,1-2H3,(H3,8,9). The van der Waals surface area contributed by atoms with Crippen LogP contribution >= 0.6 is 11.8 Å². The highest BCUT2D eigenvalue weighted by atomic mass is 32.2. The van der Waals surface area contributed by atoms with E-state index < -0.39 is 0 Å². The van der Waals surface area contributed by atoms with Crippen molar-refractivity contribution in [1.29, 1.82) is 5.41 Å². The van der Waals surface area contributed by atoms with Gasteiger partial charge in [-0.2, -0.15) is 0 Å². The van der Waals surface area contributed by atoms with Gasteiger partial charge in [0.15, 0.2) is 0 Å². The molecule has 11 heavy (non-hydrogen) atoms. The minimum atomic E-state index is 0.171. The third kappa shape index (κ3) is 5.09. The first-order valence-electron chi connectivity index (χ1n) is 3.66. The number of amidine groups is 1. The van der Waals surface area contributed by atoms with Gasteiger partial charge in [-0.3, -0.25) is 5.41 Å². The first-order valence-corrected chi connectivity index (χ1v) is 4.71. The Morgan fingerprint density at radius 2 is 2.36 bits per heavy atom. The van der Waals surface area contributed by atoms with Gasteiger partial charge in [-0.05, 0) is 6.42 Å². The van der Waals surface area contributed by atoms with E-state index in [0.29, 0.717) is 0 Å². The molecule has 0 heterocycles. The molecule has 0 fully saturated rings. The third-order valence-electron chi connectivity index (χ3n) is 1.32. The number of methoxy groups -OCH3 is 1. The molecule has 0 spiro atoms. The molecule has 0 aromatic rings. The number of nitrogens with two attached hydrogens (primary N) is 1. The van der Waals surface area contributed by atoms with Crippen molar-refractivity contribution < 1.29 is 4.74 Å². The monoisotopic (exact) mass is 176 g/mol. The molecule has 0 saturated carbocycles. The van der Waals surface area contributed by atoms with Crippen molar-refractivity contribution >= 4 is 17.6 Å². The Balaban J connectivity index is 3.44. The second kappa shape index (κ2) is 6.49. The molecule has 3 N–H and O–H groups in total. The normalized spacial score (nSPS) is 12.9. The molecule has 0 amide bonds. The van der Waals surface area contributed by atoms with Crippen LogP contribution in [-0.2, 0) is 4.74 Å². The highest BCUT2D eigenvalue weighted by Crippen LogP contribution is 2.13. The molecule has 0 aliphatic heterocycles. The molecule has 4 heteroatoms. The van der Waals surface area contributed by atoms with Gasteiger partial charge in [-0.25, -0.2) is 0 Å². The Morgan fingerprint density at radius 1 is 1.73 bits per heavy atom. The van der Waals surface area contributed by atoms with Gasteiger partial charge in [0.1, 0.15) is 5.84 Å². The van der Waals surface area contributed by atoms with E-state index >= 15 is 0 Å². The van der Waals surface area contributed by atoms with Crippen LogP contribution in [0.15, 0.2) is 0 Å². The van der Waals surface area contributed by atoms with Crippen molar-refractivity contribution in [2.24, 2.45) is 5.73 Å². The fourth-order valence-corrected chi connectivity index (χ4v) is 1.66. The third-order valence-corrected chi connectivity index (χ3v) is 2.72. The summed E-state index contributed by atoms with van der Waals surface area (Å²) in [5.74, 6) is 1.18. The number of hydrogen-bond donors (Lipinski definition) is 2. The van der Waals surface area contributed by atoms with Crippen LogP contribution in [0.25, 0.3) is 0 Å². The van der Waals surface area contributed by atoms with Gasteiger partial charge in [0.2, 0.25) is 0 Å². The van der Waals surface area contributed by atoms with Crippen LogP contribution in [0, 0.1) is 5.41 Å². The summed E-state index contributed by atoms with van der Waals surface area (Å²) in [6.45, 7) is 2.76. The van der Waals surface area contributed by atoms with Gasteiger partial charge in [-0.15, -0.1) is 11.8 Å². The summed E-state index contributed by atoms with van der Waals surface area (Å²) >= 11 is 1.68. The number of rotatable bonds is 6. The van der Waals surface area contributed by atoms with Crippen molar-refractivity contribution in [2.45, 2.75) is 18.6 Å². The molecule has 3 nitrogen and oxygen atoms in total. The Morgan fingerprint density at radius 3 is 2.73 bits per heavy atom. The number of hydrogen-bond acceptors (Lipinski definition) is 3. The predicted molar refractivity (Wildman–Crippen MR) is 50.3 cm³/mol. The lowest BCUT2D eigenvalue weighted by Crippen LogP contribution is -2.24. The first kappa shape index (κ1) is 10.8. The van der Waals surface area contributed by atoms with Crippen molar-refractivity contribution in [2.75, 3.05) is 19.5 Å². The summed E-state index contributed by atoms with van der Waals surface area (Å²) in [4.78, 5) is 0. The lowest BCUT2D eigenvalue weighted by Gasteiger charge is -2.11. The quantitative estimate of drug-likeness (QED) is 0.362. The summed E-state index contributed by atoms with van der Waals surface area (Å²) in [6.07, 6.45) is 0.920. The molecule has 0 aliphatic rings.